The Bertz CT molecular complexity index is 351. The second kappa shape index (κ2) is 7.07. The maximum absolute atomic E-state index is 12.1. The van der Waals surface area contributed by atoms with Gasteiger partial charge in [-0.1, -0.05) is 0 Å². The van der Waals surface area contributed by atoms with Crippen LogP contribution in [0.15, 0.2) is 0 Å². The van der Waals surface area contributed by atoms with E-state index < -0.39 is 0 Å². The summed E-state index contributed by atoms with van der Waals surface area (Å²) < 4.78 is 5.05. The molecule has 2 aliphatic rings. The minimum Gasteiger partial charge on any atom is -0.466 e. The Labute approximate surface area is 120 Å². The first-order chi connectivity index (χ1) is 9.60. The topological polar surface area (TPSA) is 81.4 Å². The molecule has 0 spiro atoms. The van der Waals surface area contributed by atoms with E-state index in [0.29, 0.717) is 6.61 Å². The third kappa shape index (κ3) is 3.95. The lowest BCUT2D eigenvalue weighted by atomic mass is 9.86. The van der Waals surface area contributed by atoms with Crippen molar-refractivity contribution >= 4 is 11.9 Å². The van der Waals surface area contributed by atoms with Crippen LogP contribution in [0.5, 0.6) is 0 Å². The highest BCUT2D eigenvalue weighted by atomic mass is 16.5. The van der Waals surface area contributed by atoms with E-state index in [1.165, 1.54) is 0 Å². The summed E-state index contributed by atoms with van der Waals surface area (Å²) >= 11 is 0. The van der Waals surface area contributed by atoms with E-state index in [0.717, 1.165) is 44.9 Å². The molecule has 114 valence electrons. The van der Waals surface area contributed by atoms with Crippen LogP contribution in [0.4, 0.5) is 0 Å². The Morgan fingerprint density at radius 2 is 1.75 bits per heavy atom. The van der Waals surface area contributed by atoms with Crippen molar-refractivity contribution in [2.45, 2.75) is 64.0 Å². The molecule has 0 saturated heterocycles. The molecule has 20 heavy (non-hydrogen) atoms. The second-order valence-electron chi connectivity index (χ2n) is 6.08. The Morgan fingerprint density at radius 3 is 2.30 bits per heavy atom. The molecule has 5 heteroatoms. The lowest BCUT2D eigenvalue weighted by molar-refractivity contribution is -0.149. The van der Waals surface area contributed by atoms with E-state index in [-0.39, 0.29) is 35.8 Å². The van der Waals surface area contributed by atoms with Gasteiger partial charge in [0.05, 0.1) is 12.5 Å². The van der Waals surface area contributed by atoms with Gasteiger partial charge in [-0.3, -0.25) is 9.59 Å². The van der Waals surface area contributed by atoms with Crippen LogP contribution < -0.4 is 11.1 Å². The number of carbonyl (C=O) groups excluding carboxylic acids is 2. The first-order valence-corrected chi connectivity index (χ1v) is 7.82. The number of ether oxygens (including phenoxy) is 1. The van der Waals surface area contributed by atoms with E-state index in [4.69, 9.17) is 10.5 Å². The second-order valence-corrected chi connectivity index (χ2v) is 6.08. The van der Waals surface area contributed by atoms with E-state index in [1.54, 1.807) is 0 Å². The summed E-state index contributed by atoms with van der Waals surface area (Å²) in [5.41, 5.74) is 5.84. The summed E-state index contributed by atoms with van der Waals surface area (Å²) in [7, 11) is 0. The predicted octanol–water partition coefficient (Wildman–Crippen LogP) is 1.35. The van der Waals surface area contributed by atoms with Crippen LogP contribution in [-0.2, 0) is 14.3 Å². The van der Waals surface area contributed by atoms with Gasteiger partial charge in [0, 0.05) is 18.0 Å². The molecule has 2 rings (SSSR count). The normalized spacial score (nSPS) is 33.7. The lowest BCUT2D eigenvalue weighted by Gasteiger charge is -2.28. The van der Waals surface area contributed by atoms with E-state index in [1.807, 2.05) is 6.92 Å². The predicted molar refractivity (Wildman–Crippen MR) is 75.8 cm³/mol. The number of rotatable bonds is 4. The molecule has 0 aromatic carbocycles. The Balaban J connectivity index is 1.71. The average Bonchev–Trinajstić information content (AvgIpc) is 2.86. The molecule has 2 aliphatic carbocycles. The standard InChI is InChI=1S/C15H26N2O3/c1-2-20-15(19)10-4-7-13(8-5-10)17-14(18)11-3-6-12(16)9-11/h10-13H,2-9,16H2,1H3,(H,17,18). The van der Waals surface area contributed by atoms with E-state index >= 15 is 0 Å². The van der Waals surface area contributed by atoms with Crippen LogP contribution >= 0.6 is 0 Å². The largest absolute Gasteiger partial charge is 0.466 e. The molecule has 5 nitrogen and oxygen atoms in total. The minimum atomic E-state index is -0.0842. The zero-order valence-electron chi connectivity index (χ0n) is 12.3. The van der Waals surface area contributed by atoms with Crippen molar-refractivity contribution in [3.05, 3.63) is 0 Å². The Hall–Kier alpha value is -1.10. The third-order valence-electron chi connectivity index (χ3n) is 4.54. The number of hydrogen-bond donors (Lipinski definition) is 2. The van der Waals surface area contributed by atoms with Gasteiger partial charge in [0.1, 0.15) is 0 Å². The third-order valence-corrected chi connectivity index (χ3v) is 4.54. The smallest absolute Gasteiger partial charge is 0.308 e. The average molecular weight is 282 g/mol. The van der Waals surface area contributed by atoms with Gasteiger partial charge in [-0.15, -0.1) is 0 Å². The maximum Gasteiger partial charge on any atom is 0.308 e. The van der Waals surface area contributed by atoms with Crippen molar-refractivity contribution < 1.29 is 14.3 Å². The van der Waals surface area contributed by atoms with Crippen LogP contribution in [-0.4, -0.2) is 30.6 Å². The van der Waals surface area contributed by atoms with Crippen LogP contribution in [0.1, 0.15) is 51.9 Å². The fraction of sp³-hybridized carbons (Fsp3) is 0.867. The molecular weight excluding hydrogens is 256 g/mol. The quantitative estimate of drug-likeness (QED) is 0.763. The summed E-state index contributed by atoms with van der Waals surface area (Å²) in [6.07, 6.45) is 6.03. The summed E-state index contributed by atoms with van der Waals surface area (Å²) in [6, 6.07) is 0.398. The van der Waals surface area contributed by atoms with E-state index in [9.17, 15) is 9.59 Å². The highest BCUT2D eigenvalue weighted by Gasteiger charge is 2.31. The fourth-order valence-corrected chi connectivity index (χ4v) is 3.31. The zero-order chi connectivity index (χ0) is 14.5. The summed E-state index contributed by atoms with van der Waals surface area (Å²) in [5.74, 6) is 0.173. The van der Waals surface area contributed by atoms with Crippen molar-refractivity contribution in [3.63, 3.8) is 0 Å². The fourth-order valence-electron chi connectivity index (χ4n) is 3.31. The number of nitrogens with one attached hydrogen (secondary N) is 1. The molecule has 0 aliphatic heterocycles. The Kier molecular flexibility index (Phi) is 5.40. The van der Waals surface area contributed by atoms with Crippen molar-refractivity contribution in [3.8, 4) is 0 Å². The maximum atomic E-state index is 12.1. The van der Waals surface area contributed by atoms with Crippen LogP contribution in [0.3, 0.4) is 0 Å². The monoisotopic (exact) mass is 282 g/mol. The van der Waals surface area contributed by atoms with Gasteiger partial charge in [0.15, 0.2) is 0 Å². The van der Waals surface area contributed by atoms with Gasteiger partial charge >= 0.3 is 5.97 Å². The minimum absolute atomic E-state index is 0.0167. The molecule has 0 aromatic heterocycles. The van der Waals surface area contributed by atoms with Crippen molar-refractivity contribution in [1.29, 1.82) is 0 Å². The SMILES string of the molecule is CCOC(=O)C1CCC(NC(=O)C2CCC(N)C2)CC1. The highest BCUT2D eigenvalue weighted by molar-refractivity contribution is 5.79. The van der Waals surface area contributed by atoms with Crippen LogP contribution in [0, 0.1) is 11.8 Å². The highest BCUT2D eigenvalue weighted by Crippen LogP contribution is 2.28. The molecule has 0 aromatic rings. The molecular formula is C15H26N2O3. The van der Waals surface area contributed by atoms with Crippen molar-refractivity contribution in [2.24, 2.45) is 17.6 Å². The van der Waals surface area contributed by atoms with Gasteiger partial charge in [0.2, 0.25) is 5.91 Å². The lowest BCUT2D eigenvalue weighted by Crippen LogP contribution is -2.41. The van der Waals surface area contributed by atoms with Crippen LogP contribution in [0.2, 0.25) is 0 Å². The summed E-state index contributed by atoms with van der Waals surface area (Å²) in [5, 5.41) is 3.13. The van der Waals surface area contributed by atoms with Gasteiger partial charge in [-0.25, -0.2) is 0 Å². The number of carbonyl (C=O) groups is 2. The Morgan fingerprint density at radius 1 is 1.10 bits per heavy atom. The number of amides is 1. The first-order valence-electron chi connectivity index (χ1n) is 7.82. The van der Waals surface area contributed by atoms with Gasteiger partial charge < -0.3 is 15.8 Å². The molecule has 1 amide bonds. The first kappa shape index (κ1) is 15.3. The molecule has 2 saturated carbocycles. The zero-order valence-corrected chi connectivity index (χ0v) is 12.3. The van der Waals surface area contributed by atoms with Gasteiger partial charge in [-0.05, 0) is 51.9 Å². The molecule has 2 unspecified atom stereocenters. The van der Waals surface area contributed by atoms with E-state index in [2.05, 4.69) is 5.32 Å². The van der Waals surface area contributed by atoms with Gasteiger partial charge in [-0.2, -0.15) is 0 Å². The number of nitrogens with two attached hydrogens (primary N) is 1. The molecule has 2 fully saturated rings. The molecule has 3 N–H and O–H groups in total. The summed E-state index contributed by atoms with van der Waals surface area (Å²) in [6.45, 7) is 2.27. The van der Waals surface area contributed by atoms with Crippen molar-refractivity contribution in [2.75, 3.05) is 6.61 Å². The number of esters is 1. The number of hydrogen-bond acceptors (Lipinski definition) is 4. The van der Waals surface area contributed by atoms with Gasteiger partial charge in [0.25, 0.3) is 0 Å². The molecule has 0 radical (unpaired) electrons. The summed E-state index contributed by atoms with van der Waals surface area (Å²) in [4.78, 5) is 23.8. The molecule has 0 heterocycles. The van der Waals surface area contributed by atoms with Crippen molar-refractivity contribution in [1.82, 2.24) is 5.32 Å². The molecule has 2 atom stereocenters. The molecule has 0 bridgehead atoms. The van der Waals surface area contributed by atoms with Crippen LogP contribution in [0.25, 0.3) is 0 Å².